The third-order valence-electron chi connectivity index (χ3n) is 16.0. The first-order chi connectivity index (χ1) is 37.0. The first-order valence-corrected chi connectivity index (χ1v) is 34.1. The summed E-state index contributed by atoms with van der Waals surface area (Å²) in [5, 5.41) is 23.1. The molecule has 0 saturated carbocycles. The Labute approximate surface area is 469 Å². The molecule has 0 rings (SSSR count). The van der Waals surface area contributed by atoms with Crippen molar-refractivity contribution in [3.05, 3.63) is 24.3 Å². The predicted octanol–water partition coefficient (Wildman–Crippen LogP) is 21.8. The first-order valence-electron chi connectivity index (χ1n) is 34.1. The Balaban J connectivity index is 3.35. The van der Waals surface area contributed by atoms with Crippen molar-refractivity contribution in [2.45, 2.75) is 392 Å². The Bertz CT molecular complexity index is 1170. The SMILES string of the molecule is CCCCCCCC/C=C\CCCCCCCCCC(=O)OCCCCCCCCCCCCCCCCCCCCCCCCCCCCCC(=O)NC(CO)C(O)/C=C/CCCCCCCCCCCCCC. The zero-order chi connectivity index (χ0) is 54.3. The van der Waals surface area contributed by atoms with Crippen LogP contribution in [0.15, 0.2) is 24.3 Å². The predicted molar refractivity (Wildman–Crippen MR) is 329 cm³/mol. The van der Waals surface area contributed by atoms with Crippen LogP contribution in [0.4, 0.5) is 0 Å². The van der Waals surface area contributed by atoms with E-state index in [2.05, 4.69) is 31.3 Å². The summed E-state index contributed by atoms with van der Waals surface area (Å²) in [5.74, 6) is -0.0485. The number of allylic oxidation sites excluding steroid dienone is 3. The van der Waals surface area contributed by atoms with Crippen LogP contribution < -0.4 is 5.32 Å². The van der Waals surface area contributed by atoms with Gasteiger partial charge in [0.05, 0.1) is 25.4 Å². The van der Waals surface area contributed by atoms with Crippen LogP contribution in [0.5, 0.6) is 0 Å². The van der Waals surface area contributed by atoms with E-state index in [9.17, 15) is 19.8 Å². The molecule has 0 aromatic rings. The molecule has 1 amide bonds. The smallest absolute Gasteiger partial charge is 0.305 e. The second-order valence-electron chi connectivity index (χ2n) is 23.5. The molecule has 0 aliphatic rings. The lowest BCUT2D eigenvalue weighted by molar-refractivity contribution is -0.143. The zero-order valence-corrected chi connectivity index (χ0v) is 50.8. The minimum Gasteiger partial charge on any atom is -0.466 e. The van der Waals surface area contributed by atoms with Gasteiger partial charge < -0.3 is 20.3 Å². The third kappa shape index (κ3) is 61.4. The highest BCUT2D eigenvalue weighted by atomic mass is 16.5. The Morgan fingerprint density at radius 1 is 0.360 bits per heavy atom. The van der Waals surface area contributed by atoms with E-state index in [0.29, 0.717) is 19.4 Å². The largest absolute Gasteiger partial charge is 0.466 e. The van der Waals surface area contributed by atoms with Crippen LogP contribution in [0.2, 0.25) is 0 Å². The van der Waals surface area contributed by atoms with E-state index < -0.39 is 12.1 Å². The van der Waals surface area contributed by atoms with E-state index in [1.807, 2.05) is 6.08 Å². The van der Waals surface area contributed by atoms with Gasteiger partial charge in [-0.1, -0.05) is 334 Å². The fourth-order valence-electron chi connectivity index (χ4n) is 10.7. The topological polar surface area (TPSA) is 95.9 Å². The van der Waals surface area contributed by atoms with Crippen LogP contribution in [0.1, 0.15) is 380 Å². The molecule has 0 aromatic carbocycles. The minimum absolute atomic E-state index is 0.0149. The average molecular weight is 1060 g/mol. The average Bonchev–Trinajstić information content (AvgIpc) is 3.41. The van der Waals surface area contributed by atoms with E-state index in [0.717, 1.165) is 44.9 Å². The molecule has 0 fully saturated rings. The molecule has 3 N–H and O–H groups in total. The molecule has 0 radical (unpaired) electrons. The molecular formula is C69H133NO5. The standard InChI is InChI=1S/C69H133NO5/c1-3-5-7-9-11-13-15-17-19-31-35-39-43-47-51-55-59-63-69(74)75-64-60-56-52-48-44-40-36-33-30-28-26-24-22-20-21-23-25-27-29-32-34-38-42-46-50-54-58-62-68(73)70-66(65-71)67(72)61-57-53-49-45-41-37-18-16-14-12-10-8-6-4-2/h17,19,57,61,66-67,71-72H,3-16,18,20-56,58-60,62-65H2,1-2H3,(H,70,73)/b19-17-,61-57+. The van der Waals surface area contributed by atoms with Gasteiger partial charge in [-0.3, -0.25) is 9.59 Å². The number of hydrogen-bond acceptors (Lipinski definition) is 5. The van der Waals surface area contributed by atoms with E-state index in [4.69, 9.17) is 4.74 Å². The molecule has 2 unspecified atom stereocenters. The summed E-state index contributed by atoms with van der Waals surface area (Å²) >= 11 is 0. The summed E-state index contributed by atoms with van der Waals surface area (Å²) in [7, 11) is 0. The Hall–Kier alpha value is -1.66. The van der Waals surface area contributed by atoms with Crippen molar-refractivity contribution in [3.63, 3.8) is 0 Å². The van der Waals surface area contributed by atoms with Crippen molar-refractivity contribution in [3.8, 4) is 0 Å². The molecule has 6 nitrogen and oxygen atoms in total. The molecule has 6 heteroatoms. The molecule has 0 spiro atoms. The fourth-order valence-corrected chi connectivity index (χ4v) is 10.7. The van der Waals surface area contributed by atoms with E-state index >= 15 is 0 Å². The van der Waals surface area contributed by atoms with Gasteiger partial charge in [0.25, 0.3) is 0 Å². The molecule has 0 aromatic heterocycles. The van der Waals surface area contributed by atoms with Crippen LogP contribution in [-0.2, 0) is 14.3 Å². The summed E-state index contributed by atoms with van der Waals surface area (Å²) in [6.07, 6.45) is 81.1. The monoisotopic (exact) mass is 1060 g/mol. The Morgan fingerprint density at radius 2 is 0.627 bits per heavy atom. The van der Waals surface area contributed by atoms with Gasteiger partial charge in [0.1, 0.15) is 0 Å². The lowest BCUT2D eigenvalue weighted by Crippen LogP contribution is -2.45. The van der Waals surface area contributed by atoms with Crippen molar-refractivity contribution >= 4 is 11.9 Å². The number of unbranched alkanes of at least 4 members (excludes halogenated alkanes) is 51. The molecule has 0 aliphatic heterocycles. The molecule has 2 atom stereocenters. The number of ether oxygens (including phenoxy) is 1. The summed E-state index contributed by atoms with van der Waals surface area (Å²) in [6, 6.07) is -0.625. The third-order valence-corrected chi connectivity index (χ3v) is 16.0. The number of carbonyl (C=O) groups is 2. The highest BCUT2D eigenvalue weighted by Gasteiger charge is 2.18. The summed E-state index contributed by atoms with van der Waals surface area (Å²) in [5.41, 5.74) is 0. The van der Waals surface area contributed by atoms with Crippen LogP contribution in [0.25, 0.3) is 0 Å². The van der Waals surface area contributed by atoms with Gasteiger partial charge in [0.15, 0.2) is 0 Å². The van der Waals surface area contributed by atoms with Crippen molar-refractivity contribution in [2.24, 2.45) is 0 Å². The van der Waals surface area contributed by atoms with Gasteiger partial charge >= 0.3 is 5.97 Å². The van der Waals surface area contributed by atoms with Gasteiger partial charge in [-0.15, -0.1) is 0 Å². The molecule has 75 heavy (non-hydrogen) atoms. The normalized spacial score (nSPS) is 12.6. The number of aliphatic hydroxyl groups is 2. The van der Waals surface area contributed by atoms with E-state index in [1.54, 1.807) is 6.08 Å². The van der Waals surface area contributed by atoms with Crippen molar-refractivity contribution in [2.75, 3.05) is 13.2 Å². The molecule has 0 bridgehead atoms. The lowest BCUT2D eigenvalue weighted by Gasteiger charge is -2.20. The maximum absolute atomic E-state index is 12.5. The second kappa shape index (κ2) is 64.9. The van der Waals surface area contributed by atoms with Gasteiger partial charge in [-0.25, -0.2) is 0 Å². The zero-order valence-electron chi connectivity index (χ0n) is 50.8. The number of rotatable bonds is 64. The minimum atomic E-state index is -0.842. The van der Waals surface area contributed by atoms with Gasteiger partial charge in [0.2, 0.25) is 5.91 Å². The van der Waals surface area contributed by atoms with E-state index in [1.165, 1.54) is 308 Å². The maximum Gasteiger partial charge on any atom is 0.305 e. The number of carbonyl (C=O) groups excluding carboxylic acids is 2. The van der Waals surface area contributed by atoms with Crippen LogP contribution in [0, 0.1) is 0 Å². The summed E-state index contributed by atoms with van der Waals surface area (Å²) < 4.78 is 5.50. The molecule has 0 aliphatic carbocycles. The Morgan fingerprint density at radius 3 is 0.947 bits per heavy atom. The van der Waals surface area contributed by atoms with Gasteiger partial charge in [-0.2, -0.15) is 0 Å². The van der Waals surface area contributed by atoms with Crippen LogP contribution in [0.3, 0.4) is 0 Å². The summed E-state index contributed by atoms with van der Waals surface area (Å²) in [4.78, 5) is 24.6. The number of amides is 1. The van der Waals surface area contributed by atoms with E-state index in [-0.39, 0.29) is 18.5 Å². The van der Waals surface area contributed by atoms with Crippen LogP contribution >= 0.6 is 0 Å². The maximum atomic E-state index is 12.5. The number of esters is 1. The van der Waals surface area contributed by atoms with Gasteiger partial charge in [0, 0.05) is 12.8 Å². The fraction of sp³-hybridized carbons (Fsp3) is 0.913. The highest BCUT2D eigenvalue weighted by Crippen LogP contribution is 2.18. The molecular weight excluding hydrogens is 923 g/mol. The quantitative estimate of drug-likeness (QED) is 0.0320. The highest BCUT2D eigenvalue weighted by molar-refractivity contribution is 5.76. The first kappa shape index (κ1) is 73.3. The molecule has 0 saturated heterocycles. The lowest BCUT2D eigenvalue weighted by atomic mass is 10.0. The van der Waals surface area contributed by atoms with Crippen molar-refractivity contribution in [1.29, 1.82) is 0 Å². The van der Waals surface area contributed by atoms with Crippen LogP contribution in [-0.4, -0.2) is 47.4 Å². The Kier molecular flexibility index (Phi) is 63.4. The van der Waals surface area contributed by atoms with Crippen molar-refractivity contribution < 1.29 is 24.5 Å². The number of aliphatic hydroxyl groups excluding tert-OH is 2. The second-order valence-corrected chi connectivity index (χ2v) is 23.5. The van der Waals surface area contributed by atoms with Gasteiger partial charge in [-0.05, 0) is 57.8 Å². The van der Waals surface area contributed by atoms with Crippen molar-refractivity contribution in [1.82, 2.24) is 5.32 Å². The number of hydrogen-bond donors (Lipinski definition) is 3. The summed E-state index contributed by atoms with van der Waals surface area (Å²) in [6.45, 7) is 4.93. The molecule has 0 heterocycles. The molecule has 444 valence electrons. The number of nitrogens with one attached hydrogen (secondary N) is 1.